The van der Waals surface area contributed by atoms with Gasteiger partial charge in [0.1, 0.15) is 6.61 Å². The second-order valence-corrected chi connectivity index (χ2v) is 8.18. The highest BCUT2D eigenvalue weighted by atomic mass is 16.5. The normalized spacial score (nSPS) is 13.8. The summed E-state index contributed by atoms with van der Waals surface area (Å²) in [6.07, 6.45) is 2.50. The number of carbonyl (C=O) groups excluding carboxylic acids is 3. The number of Topliss-reactive ketones (excluding diaryl/α,β-unsaturated/α-hetero) is 1. The average molecular weight is 454 g/mol. The fourth-order valence-corrected chi connectivity index (χ4v) is 4.19. The smallest absolute Gasteiger partial charge is 0.302 e. The Bertz CT molecular complexity index is 1020. The van der Waals surface area contributed by atoms with Crippen molar-refractivity contribution in [1.82, 2.24) is 0 Å². The maximum Gasteiger partial charge on any atom is 0.302 e. The minimum atomic E-state index is -0.366. The van der Waals surface area contributed by atoms with E-state index in [2.05, 4.69) is 5.32 Å². The van der Waals surface area contributed by atoms with Crippen molar-refractivity contribution >= 4 is 23.3 Å². The topological polar surface area (TPSA) is 102 Å². The lowest BCUT2D eigenvalue weighted by Gasteiger charge is -2.14. The molecule has 1 aliphatic rings. The Kier molecular flexibility index (Phi) is 8.74. The summed E-state index contributed by atoms with van der Waals surface area (Å²) in [4.78, 5) is 36.1. The maximum atomic E-state index is 13.1. The predicted molar refractivity (Wildman–Crippen MR) is 125 cm³/mol. The highest BCUT2D eigenvalue weighted by Crippen LogP contribution is 2.47. The number of fused-ring (bicyclic) bond motifs is 3. The first-order valence-electron chi connectivity index (χ1n) is 11.3. The molecular weight excluding hydrogens is 422 g/mol. The van der Waals surface area contributed by atoms with Crippen molar-refractivity contribution in [3.63, 3.8) is 0 Å². The molecule has 3 rings (SSSR count). The standard InChI is InChI=1S/C26H31NO6/c1-17(29)27-19-10-11-21-23(15-19)24(16-33-18(2)30)20-7-5-8-22(26(20)21)25(31)9-6-14-32-13-4-3-12-28/h5,7-8,10-11,15,24,28H,3-4,6,9,12-14,16H2,1-2H3,(H,27,29). The first-order valence-corrected chi connectivity index (χ1v) is 11.3. The van der Waals surface area contributed by atoms with E-state index in [0.717, 1.165) is 28.7 Å². The SMILES string of the molecule is CC(=O)Nc1ccc2c(c1)C(COC(C)=O)c1cccc(C(=O)CCCOCCCCO)c1-2. The molecule has 176 valence electrons. The molecule has 2 N–H and O–H groups in total. The van der Waals surface area contributed by atoms with Crippen LogP contribution >= 0.6 is 0 Å². The zero-order valence-electron chi connectivity index (χ0n) is 19.2. The van der Waals surface area contributed by atoms with E-state index < -0.39 is 0 Å². The quantitative estimate of drug-likeness (QED) is 0.285. The molecule has 0 radical (unpaired) electrons. The van der Waals surface area contributed by atoms with Crippen molar-refractivity contribution in [3.05, 3.63) is 53.1 Å². The second kappa shape index (κ2) is 11.7. The van der Waals surface area contributed by atoms with Gasteiger partial charge in [-0.2, -0.15) is 0 Å². The van der Waals surface area contributed by atoms with Gasteiger partial charge in [0.15, 0.2) is 5.78 Å². The summed E-state index contributed by atoms with van der Waals surface area (Å²) in [6.45, 7) is 4.22. The number of carbonyl (C=O) groups is 3. The van der Waals surface area contributed by atoms with Crippen LogP contribution in [0.1, 0.15) is 66.9 Å². The van der Waals surface area contributed by atoms with Gasteiger partial charge in [0.05, 0.1) is 0 Å². The Balaban J connectivity index is 1.82. The third kappa shape index (κ3) is 6.27. The van der Waals surface area contributed by atoms with E-state index in [-0.39, 0.29) is 36.8 Å². The molecule has 0 saturated carbocycles. The third-order valence-corrected chi connectivity index (χ3v) is 5.63. The van der Waals surface area contributed by atoms with E-state index in [4.69, 9.17) is 14.6 Å². The number of amides is 1. The lowest BCUT2D eigenvalue weighted by Crippen LogP contribution is -2.11. The van der Waals surface area contributed by atoms with E-state index in [1.54, 1.807) is 0 Å². The summed E-state index contributed by atoms with van der Waals surface area (Å²) in [7, 11) is 0. The van der Waals surface area contributed by atoms with Crippen LogP contribution < -0.4 is 5.32 Å². The average Bonchev–Trinajstić information content (AvgIpc) is 3.09. The molecule has 33 heavy (non-hydrogen) atoms. The zero-order chi connectivity index (χ0) is 23.8. The van der Waals surface area contributed by atoms with Gasteiger partial charge in [-0.3, -0.25) is 14.4 Å². The second-order valence-electron chi connectivity index (χ2n) is 8.18. The molecule has 1 unspecified atom stereocenters. The first kappa shape index (κ1) is 24.6. The first-order chi connectivity index (χ1) is 15.9. The molecule has 0 aromatic heterocycles. The van der Waals surface area contributed by atoms with Crippen LogP contribution in [0.5, 0.6) is 0 Å². The fourth-order valence-electron chi connectivity index (χ4n) is 4.19. The predicted octanol–water partition coefficient (Wildman–Crippen LogP) is 4.07. The van der Waals surface area contributed by atoms with E-state index in [9.17, 15) is 14.4 Å². The van der Waals surface area contributed by atoms with E-state index >= 15 is 0 Å². The van der Waals surface area contributed by atoms with E-state index in [0.29, 0.717) is 43.7 Å². The van der Waals surface area contributed by atoms with Crippen LogP contribution in [0.25, 0.3) is 11.1 Å². The maximum absolute atomic E-state index is 13.1. The van der Waals surface area contributed by atoms with Crippen LogP contribution in [0.3, 0.4) is 0 Å². The Morgan fingerprint density at radius 2 is 1.79 bits per heavy atom. The summed E-state index contributed by atoms with van der Waals surface area (Å²) in [5, 5.41) is 11.6. The van der Waals surface area contributed by atoms with Gasteiger partial charge in [-0.1, -0.05) is 24.3 Å². The van der Waals surface area contributed by atoms with E-state index in [1.807, 2.05) is 36.4 Å². The summed E-state index contributed by atoms with van der Waals surface area (Å²) in [5.74, 6) is -0.711. The van der Waals surface area contributed by atoms with Crippen molar-refractivity contribution in [3.8, 4) is 11.1 Å². The Morgan fingerprint density at radius 1 is 1.00 bits per heavy atom. The summed E-state index contributed by atoms with van der Waals surface area (Å²) < 4.78 is 10.9. The number of nitrogens with one attached hydrogen (secondary N) is 1. The van der Waals surface area contributed by atoms with Crippen LogP contribution in [-0.2, 0) is 19.1 Å². The summed E-state index contributed by atoms with van der Waals surface area (Å²) in [6, 6.07) is 11.3. The summed E-state index contributed by atoms with van der Waals surface area (Å²) >= 11 is 0. The van der Waals surface area contributed by atoms with Gasteiger partial charge in [0.2, 0.25) is 5.91 Å². The number of esters is 1. The highest BCUT2D eigenvalue weighted by molar-refractivity contribution is 6.05. The number of hydrogen-bond donors (Lipinski definition) is 2. The largest absolute Gasteiger partial charge is 0.465 e. The molecular formula is C26H31NO6. The Labute approximate surface area is 194 Å². The molecule has 1 amide bonds. The molecule has 0 spiro atoms. The number of aliphatic hydroxyl groups is 1. The Hall–Kier alpha value is -3.03. The van der Waals surface area contributed by atoms with Gasteiger partial charge in [0.25, 0.3) is 0 Å². The number of ether oxygens (including phenoxy) is 2. The molecule has 7 heteroatoms. The zero-order valence-corrected chi connectivity index (χ0v) is 19.2. The van der Waals surface area contributed by atoms with Crippen LogP contribution in [0, 0.1) is 0 Å². The fraction of sp³-hybridized carbons (Fsp3) is 0.423. The van der Waals surface area contributed by atoms with Gasteiger partial charge in [0, 0.05) is 57.3 Å². The number of benzene rings is 2. The Morgan fingerprint density at radius 3 is 2.52 bits per heavy atom. The van der Waals surface area contributed by atoms with Crippen molar-refractivity contribution in [2.45, 2.75) is 45.4 Å². The molecule has 0 bridgehead atoms. The summed E-state index contributed by atoms with van der Waals surface area (Å²) in [5.41, 5.74) is 4.95. The molecule has 0 fully saturated rings. The van der Waals surface area contributed by atoms with Crippen LogP contribution in [0.2, 0.25) is 0 Å². The van der Waals surface area contributed by atoms with Crippen LogP contribution in [0.4, 0.5) is 5.69 Å². The minimum absolute atomic E-state index is 0.0378. The van der Waals surface area contributed by atoms with E-state index in [1.165, 1.54) is 13.8 Å². The van der Waals surface area contributed by atoms with Gasteiger partial charge >= 0.3 is 5.97 Å². The molecule has 0 heterocycles. The number of anilines is 1. The van der Waals surface area contributed by atoms with Gasteiger partial charge in [-0.15, -0.1) is 0 Å². The molecule has 2 aromatic carbocycles. The molecule has 2 aromatic rings. The molecule has 0 aliphatic heterocycles. The van der Waals surface area contributed by atoms with Crippen molar-refractivity contribution < 1.29 is 29.0 Å². The molecule has 0 saturated heterocycles. The third-order valence-electron chi connectivity index (χ3n) is 5.63. The molecule has 7 nitrogen and oxygen atoms in total. The number of rotatable bonds is 12. The number of aliphatic hydroxyl groups excluding tert-OH is 1. The molecule has 1 aliphatic carbocycles. The molecule has 1 atom stereocenters. The number of unbranched alkanes of at least 4 members (excludes halogenated alkanes) is 1. The van der Waals surface area contributed by atoms with Gasteiger partial charge in [-0.05, 0) is 53.6 Å². The van der Waals surface area contributed by atoms with Crippen molar-refractivity contribution in [2.24, 2.45) is 0 Å². The number of ketones is 1. The lowest BCUT2D eigenvalue weighted by atomic mass is 9.93. The van der Waals surface area contributed by atoms with Crippen LogP contribution in [-0.4, -0.2) is 49.2 Å². The van der Waals surface area contributed by atoms with Gasteiger partial charge in [-0.25, -0.2) is 0 Å². The minimum Gasteiger partial charge on any atom is -0.465 e. The monoisotopic (exact) mass is 453 g/mol. The van der Waals surface area contributed by atoms with Crippen LogP contribution in [0.15, 0.2) is 36.4 Å². The lowest BCUT2D eigenvalue weighted by molar-refractivity contribution is -0.141. The van der Waals surface area contributed by atoms with Gasteiger partial charge < -0.3 is 19.9 Å². The van der Waals surface area contributed by atoms with Crippen molar-refractivity contribution in [2.75, 3.05) is 31.7 Å². The highest BCUT2D eigenvalue weighted by Gasteiger charge is 2.32. The van der Waals surface area contributed by atoms with Crippen molar-refractivity contribution in [1.29, 1.82) is 0 Å². The number of hydrogen-bond acceptors (Lipinski definition) is 6.